The number of ether oxygens (including phenoxy) is 2. The number of hydrogen-bond donors (Lipinski definition) is 1. The van der Waals surface area contributed by atoms with Crippen molar-refractivity contribution in [3.63, 3.8) is 0 Å². The minimum Gasteiger partial charge on any atom is -0.459 e. The standard InChI is InChI=1S/C25H22N2O4S/c28-24(30-16-18-9-3-1-4-10-18)21(15-23-26-20-13-7-8-14-22(20)32-23)27-25(29)31-17-19-11-5-2-6-12-19/h1-14,21H,15-17H2,(H,27,29)/t21-/m0/s1. The number of esters is 1. The molecule has 1 aromatic heterocycles. The van der Waals surface area contributed by atoms with Gasteiger partial charge in [-0.1, -0.05) is 72.8 Å². The molecule has 4 rings (SSSR count). The maximum absolute atomic E-state index is 12.8. The number of amides is 1. The number of nitrogens with one attached hydrogen (secondary N) is 1. The zero-order valence-electron chi connectivity index (χ0n) is 17.3. The van der Waals surface area contributed by atoms with E-state index in [1.54, 1.807) is 0 Å². The van der Waals surface area contributed by atoms with Gasteiger partial charge in [-0.3, -0.25) is 0 Å². The van der Waals surface area contributed by atoms with E-state index in [0.29, 0.717) is 0 Å². The first-order chi connectivity index (χ1) is 15.7. The average molecular weight is 447 g/mol. The Hall–Kier alpha value is -3.71. The highest BCUT2D eigenvalue weighted by Gasteiger charge is 2.25. The van der Waals surface area contributed by atoms with Gasteiger partial charge < -0.3 is 14.8 Å². The fourth-order valence-electron chi connectivity index (χ4n) is 3.11. The molecule has 1 N–H and O–H groups in total. The summed E-state index contributed by atoms with van der Waals surface area (Å²) in [6.45, 7) is 0.232. The molecule has 0 aliphatic carbocycles. The Kier molecular flexibility index (Phi) is 7.09. The van der Waals surface area contributed by atoms with Crippen LogP contribution in [0.25, 0.3) is 10.2 Å². The van der Waals surface area contributed by atoms with Gasteiger partial charge in [-0.15, -0.1) is 11.3 Å². The Morgan fingerprint density at radius 3 is 2.06 bits per heavy atom. The first-order valence-corrected chi connectivity index (χ1v) is 11.0. The Bertz CT molecular complexity index is 1150. The molecule has 0 aliphatic heterocycles. The van der Waals surface area contributed by atoms with Crippen LogP contribution in [0.15, 0.2) is 84.9 Å². The third-order valence-corrected chi connectivity index (χ3v) is 5.79. The highest BCUT2D eigenvalue weighted by Crippen LogP contribution is 2.23. The van der Waals surface area contributed by atoms with Gasteiger partial charge in [0.05, 0.1) is 15.2 Å². The molecule has 0 saturated carbocycles. The minimum absolute atomic E-state index is 0.111. The quantitative estimate of drug-likeness (QED) is 0.391. The van der Waals surface area contributed by atoms with Crippen molar-refractivity contribution < 1.29 is 19.1 Å². The number of carbonyl (C=O) groups is 2. The number of hydrogen-bond acceptors (Lipinski definition) is 6. The summed E-state index contributed by atoms with van der Waals surface area (Å²) in [5.74, 6) is -0.537. The normalized spacial score (nSPS) is 11.6. The Morgan fingerprint density at radius 1 is 0.812 bits per heavy atom. The Labute approximate surface area is 189 Å². The molecule has 0 radical (unpaired) electrons. The topological polar surface area (TPSA) is 77.5 Å². The molecule has 162 valence electrons. The van der Waals surface area contributed by atoms with E-state index in [9.17, 15) is 9.59 Å². The van der Waals surface area contributed by atoms with Crippen molar-refractivity contribution in [1.29, 1.82) is 0 Å². The van der Waals surface area contributed by atoms with Crippen molar-refractivity contribution in [3.8, 4) is 0 Å². The first-order valence-electron chi connectivity index (χ1n) is 10.2. The van der Waals surface area contributed by atoms with Crippen molar-refractivity contribution in [1.82, 2.24) is 10.3 Å². The van der Waals surface area contributed by atoms with Gasteiger partial charge in [0, 0.05) is 6.42 Å². The molecule has 32 heavy (non-hydrogen) atoms. The summed E-state index contributed by atoms with van der Waals surface area (Å²) in [5.41, 5.74) is 2.58. The second-order valence-corrected chi connectivity index (χ2v) is 8.25. The molecular formula is C25H22N2O4S. The summed E-state index contributed by atoms with van der Waals surface area (Å²) in [7, 11) is 0. The van der Waals surface area contributed by atoms with E-state index in [0.717, 1.165) is 26.4 Å². The SMILES string of the molecule is O=C(N[C@@H](Cc1nc2ccccc2s1)C(=O)OCc1ccccc1)OCc1ccccc1. The van der Waals surface area contributed by atoms with Gasteiger partial charge in [0.15, 0.2) is 0 Å². The maximum Gasteiger partial charge on any atom is 0.408 e. The van der Waals surface area contributed by atoms with Gasteiger partial charge in [-0.05, 0) is 23.3 Å². The average Bonchev–Trinajstić information content (AvgIpc) is 3.24. The number of rotatable bonds is 8. The van der Waals surface area contributed by atoms with Crippen molar-refractivity contribution >= 4 is 33.6 Å². The number of fused-ring (bicyclic) bond motifs is 1. The molecule has 0 aliphatic rings. The Morgan fingerprint density at radius 2 is 1.41 bits per heavy atom. The van der Waals surface area contributed by atoms with E-state index in [2.05, 4.69) is 10.3 Å². The summed E-state index contributed by atoms with van der Waals surface area (Å²) >= 11 is 1.48. The summed E-state index contributed by atoms with van der Waals surface area (Å²) < 4.78 is 11.8. The molecule has 0 bridgehead atoms. The third-order valence-electron chi connectivity index (χ3n) is 4.73. The fraction of sp³-hybridized carbons (Fsp3) is 0.160. The number of nitrogens with zero attached hydrogens (tertiary/aromatic N) is 1. The second kappa shape index (κ2) is 10.5. The first kappa shape index (κ1) is 21.5. The predicted octanol–water partition coefficient (Wildman–Crippen LogP) is 4.88. The molecule has 1 atom stereocenters. The lowest BCUT2D eigenvalue weighted by Gasteiger charge is -2.17. The highest BCUT2D eigenvalue weighted by atomic mass is 32.1. The van der Waals surface area contributed by atoms with Crippen LogP contribution in [-0.4, -0.2) is 23.1 Å². The van der Waals surface area contributed by atoms with Crippen LogP contribution >= 0.6 is 11.3 Å². The molecule has 1 amide bonds. The molecule has 1 heterocycles. The molecule has 4 aromatic rings. The predicted molar refractivity (Wildman–Crippen MR) is 123 cm³/mol. The van der Waals surface area contributed by atoms with Crippen LogP contribution in [0.4, 0.5) is 4.79 Å². The molecule has 0 unspecified atom stereocenters. The molecule has 3 aromatic carbocycles. The summed E-state index contributed by atoms with van der Waals surface area (Å²) in [4.78, 5) is 29.8. The van der Waals surface area contributed by atoms with Crippen LogP contribution in [0, 0.1) is 0 Å². The van der Waals surface area contributed by atoms with Crippen molar-refractivity contribution in [2.75, 3.05) is 0 Å². The molecule has 6 nitrogen and oxygen atoms in total. The fourth-order valence-corrected chi connectivity index (χ4v) is 4.12. The van der Waals surface area contributed by atoms with Gasteiger partial charge in [-0.25, -0.2) is 14.6 Å². The summed E-state index contributed by atoms with van der Waals surface area (Å²) in [6.07, 6.45) is -0.468. The van der Waals surface area contributed by atoms with Crippen LogP contribution in [0.1, 0.15) is 16.1 Å². The van der Waals surface area contributed by atoms with Gasteiger partial charge in [-0.2, -0.15) is 0 Å². The van der Waals surface area contributed by atoms with Crippen molar-refractivity contribution in [3.05, 3.63) is 101 Å². The number of carbonyl (C=O) groups excluding carboxylic acids is 2. The second-order valence-electron chi connectivity index (χ2n) is 7.13. The van der Waals surface area contributed by atoms with E-state index in [4.69, 9.17) is 9.47 Å². The molecular weight excluding hydrogens is 424 g/mol. The van der Waals surface area contributed by atoms with Gasteiger partial charge >= 0.3 is 12.1 Å². The molecule has 7 heteroatoms. The van der Waals surface area contributed by atoms with Crippen molar-refractivity contribution in [2.24, 2.45) is 0 Å². The lowest BCUT2D eigenvalue weighted by Crippen LogP contribution is -2.43. The number of alkyl carbamates (subject to hydrolysis) is 1. The summed E-state index contributed by atoms with van der Waals surface area (Å²) in [5, 5.41) is 3.38. The van der Waals surface area contributed by atoms with Crippen LogP contribution in [-0.2, 0) is 33.9 Å². The van der Waals surface area contributed by atoms with Crippen LogP contribution < -0.4 is 5.32 Å². The van der Waals surface area contributed by atoms with E-state index in [1.165, 1.54) is 11.3 Å². The van der Waals surface area contributed by atoms with E-state index in [1.807, 2.05) is 84.9 Å². The van der Waals surface area contributed by atoms with Gasteiger partial charge in [0.25, 0.3) is 0 Å². The largest absolute Gasteiger partial charge is 0.459 e. The van der Waals surface area contributed by atoms with E-state index >= 15 is 0 Å². The van der Waals surface area contributed by atoms with E-state index in [-0.39, 0.29) is 19.6 Å². The zero-order valence-corrected chi connectivity index (χ0v) is 18.1. The van der Waals surface area contributed by atoms with Gasteiger partial charge in [0.2, 0.25) is 0 Å². The lowest BCUT2D eigenvalue weighted by molar-refractivity contribution is -0.147. The van der Waals surface area contributed by atoms with Gasteiger partial charge in [0.1, 0.15) is 19.3 Å². The molecule has 0 saturated heterocycles. The van der Waals surface area contributed by atoms with E-state index < -0.39 is 18.1 Å². The maximum atomic E-state index is 12.8. The molecule has 0 fully saturated rings. The van der Waals surface area contributed by atoms with Crippen molar-refractivity contribution in [2.45, 2.75) is 25.7 Å². The summed E-state index contributed by atoms with van der Waals surface area (Å²) in [6, 6.07) is 25.6. The highest BCUT2D eigenvalue weighted by molar-refractivity contribution is 7.18. The Balaban J connectivity index is 1.43. The van der Waals surface area contributed by atoms with Crippen LogP contribution in [0.3, 0.4) is 0 Å². The zero-order chi connectivity index (χ0) is 22.2. The van der Waals surface area contributed by atoms with Crippen LogP contribution in [0.2, 0.25) is 0 Å². The number of aromatic nitrogens is 1. The number of thiazole rings is 1. The number of para-hydroxylation sites is 1. The third kappa shape index (κ3) is 5.92. The number of benzene rings is 3. The smallest absolute Gasteiger partial charge is 0.408 e. The molecule has 0 spiro atoms. The van der Waals surface area contributed by atoms with Crippen LogP contribution in [0.5, 0.6) is 0 Å². The minimum atomic E-state index is -0.914. The monoisotopic (exact) mass is 446 g/mol. The lowest BCUT2D eigenvalue weighted by atomic mass is 10.2.